The quantitative estimate of drug-likeness (QED) is 0.786. The average molecular weight is 317 g/mol. The van der Waals surface area contributed by atoms with Crippen molar-refractivity contribution in [2.45, 2.75) is 12.6 Å². The van der Waals surface area contributed by atoms with E-state index in [-0.39, 0.29) is 0 Å². The summed E-state index contributed by atoms with van der Waals surface area (Å²) in [4.78, 5) is 7.86. The maximum Gasteiger partial charge on any atom is 0.416 e. The van der Waals surface area contributed by atoms with Crippen LogP contribution in [0.15, 0.2) is 41.4 Å². The molecule has 1 heterocycles. The van der Waals surface area contributed by atoms with Gasteiger partial charge in [-0.05, 0) is 33.1 Å². The van der Waals surface area contributed by atoms with Gasteiger partial charge in [0.25, 0.3) is 0 Å². The van der Waals surface area contributed by atoms with Gasteiger partial charge in [0.15, 0.2) is 4.73 Å². The van der Waals surface area contributed by atoms with Crippen LogP contribution < -0.4 is 0 Å². The molecule has 6 heteroatoms. The van der Waals surface area contributed by atoms with Gasteiger partial charge in [-0.1, -0.05) is 18.2 Å². The third-order valence-electron chi connectivity index (χ3n) is 2.34. The molecule has 94 valence electrons. The number of benzene rings is 1. The molecule has 0 N–H and O–H groups in total. The summed E-state index contributed by atoms with van der Waals surface area (Å²) < 4.78 is 38.0. The number of nitrogens with zero attached hydrogens (tertiary/aromatic N) is 2. The summed E-state index contributed by atoms with van der Waals surface area (Å²) >= 11 is 3.10. The second kappa shape index (κ2) is 5.06. The Morgan fingerprint density at radius 3 is 2.33 bits per heavy atom. The number of hydrogen-bond acceptors (Lipinski definition) is 2. The molecular formula is C12H8BrF3N2. The zero-order valence-electron chi connectivity index (χ0n) is 9.08. The molecule has 0 radical (unpaired) electrons. The molecule has 1 aromatic carbocycles. The average Bonchev–Trinajstić information content (AvgIpc) is 2.31. The normalized spacial score (nSPS) is 11.6. The van der Waals surface area contributed by atoms with Crippen molar-refractivity contribution >= 4 is 15.9 Å². The molecule has 2 rings (SSSR count). The lowest BCUT2D eigenvalue weighted by atomic mass is 10.0. The van der Waals surface area contributed by atoms with Crippen LogP contribution in [0.4, 0.5) is 13.2 Å². The van der Waals surface area contributed by atoms with Crippen molar-refractivity contribution in [2.24, 2.45) is 0 Å². The van der Waals surface area contributed by atoms with Crippen molar-refractivity contribution in [2.75, 3.05) is 0 Å². The van der Waals surface area contributed by atoms with E-state index in [0.717, 1.165) is 17.7 Å². The number of hydrogen-bond donors (Lipinski definition) is 0. The van der Waals surface area contributed by atoms with E-state index in [0.29, 0.717) is 16.7 Å². The molecule has 0 atom stereocenters. The molecule has 1 aromatic heterocycles. The van der Waals surface area contributed by atoms with Gasteiger partial charge < -0.3 is 0 Å². The Hall–Kier alpha value is -1.43. The van der Waals surface area contributed by atoms with E-state index in [1.165, 1.54) is 6.07 Å². The molecule has 0 aliphatic rings. The third-order valence-corrected chi connectivity index (χ3v) is 2.75. The minimum atomic E-state index is -4.31. The van der Waals surface area contributed by atoms with Crippen LogP contribution in [-0.2, 0) is 12.6 Å². The van der Waals surface area contributed by atoms with Gasteiger partial charge in [0.05, 0.1) is 5.56 Å². The van der Waals surface area contributed by atoms with Crippen molar-refractivity contribution in [3.63, 3.8) is 0 Å². The standard InChI is InChI=1S/C12H8BrF3N2/c13-11-17-6-9(7-18-11)4-8-2-1-3-10(5-8)12(14,15)16/h1-3,5-7H,4H2. The summed E-state index contributed by atoms with van der Waals surface area (Å²) in [6, 6.07) is 5.25. The van der Waals surface area contributed by atoms with Crippen molar-refractivity contribution < 1.29 is 13.2 Å². The van der Waals surface area contributed by atoms with Crippen LogP contribution in [0.3, 0.4) is 0 Å². The van der Waals surface area contributed by atoms with Gasteiger partial charge in [-0.15, -0.1) is 0 Å². The maximum atomic E-state index is 12.5. The van der Waals surface area contributed by atoms with Gasteiger partial charge in [-0.3, -0.25) is 0 Å². The van der Waals surface area contributed by atoms with Crippen LogP contribution in [0.1, 0.15) is 16.7 Å². The van der Waals surface area contributed by atoms with Crippen LogP contribution in [0.5, 0.6) is 0 Å². The first-order valence-electron chi connectivity index (χ1n) is 5.08. The molecule has 0 spiro atoms. The highest BCUT2D eigenvalue weighted by molar-refractivity contribution is 9.10. The predicted molar refractivity (Wildman–Crippen MR) is 64.0 cm³/mol. The van der Waals surface area contributed by atoms with E-state index in [1.54, 1.807) is 18.5 Å². The Morgan fingerprint density at radius 2 is 1.72 bits per heavy atom. The molecule has 0 aliphatic carbocycles. The molecule has 0 amide bonds. The number of halogens is 4. The Kier molecular flexibility index (Phi) is 3.65. The van der Waals surface area contributed by atoms with Crippen molar-refractivity contribution in [1.29, 1.82) is 0 Å². The first-order valence-corrected chi connectivity index (χ1v) is 5.87. The summed E-state index contributed by atoms with van der Waals surface area (Å²) in [5.74, 6) is 0. The van der Waals surface area contributed by atoms with Crippen LogP contribution in [0.2, 0.25) is 0 Å². The highest BCUT2D eigenvalue weighted by Crippen LogP contribution is 2.29. The molecule has 0 bridgehead atoms. The Balaban J connectivity index is 2.22. The van der Waals surface area contributed by atoms with Crippen molar-refractivity contribution in [3.8, 4) is 0 Å². The van der Waals surface area contributed by atoms with Gasteiger partial charge in [0.2, 0.25) is 0 Å². The van der Waals surface area contributed by atoms with E-state index < -0.39 is 11.7 Å². The molecule has 18 heavy (non-hydrogen) atoms. The van der Waals surface area contributed by atoms with Gasteiger partial charge in [0, 0.05) is 18.8 Å². The lowest BCUT2D eigenvalue weighted by Crippen LogP contribution is -2.05. The fourth-order valence-corrected chi connectivity index (χ4v) is 1.73. The molecule has 0 saturated heterocycles. The second-order valence-electron chi connectivity index (χ2n) is 3.74. The largest absolute Gasteiger partial charge is 0.416 e. The highest BCUT2D eigenvalue weighted by Gasteiger charge is 2.30. The number of aromatic nitrogens is 2. The zero-order chi connectivity index (χ0) is 13.2. The lowest BCUT2D eigenvalue weighted by Gasteiger charge is -2.08. The first kappa shape index (κ1) is 13.0. The smallest absolute Gasteiger partial charge is 0.230 e. The topological polar surface area (TPSA) is 25.8 Å². The monoisotopic (exact) mass is 316 g/mol. The summed E-state index contributed by atoms with van der Waals surface area (Å²) in [5.41, 5.74) is 0.700. The fraction of sp³-hybridized carbons (Fsp3) is 0.167. The minimum absolute atomic E-state index is 0.372. The van der Waals surface area contributed by atoms with Gasteiger partial charge in [-0.25, -0.2) is 9.97 Å². The van der Waals surface area contributed by atoms with Gasteiger partial charge >= 0.3 is 6.18 Å². The van der Waals surface area contributed by atoms with Crippen LogP contribution in [0.25, 0.3) is 0 Å². The SMILES string of the molecule is FC(F)(F)c1cccc(Cc2cnc(Br)nc2)c1. The van der Waals surface area contributed by atoms with Gasteiger partial charge in [0.1, 0.15) is 0 Å². The summed E-state index contributed by atoms with van der Waals surface area (Å²) in [7, 11) is 0. The lowest BCUT2D eigenvalue weighted by molar-refractivity contribution is -0.137. The molecule has 2 aromatic rings. The van der Waals surface area contributed by atoms with Crippen LogP contribution in [-0.4, -0.2) is 9.97 Å². The Morgan fingerprint density at radius 1 is 1.06 bits per heavy atom. The van der Waals surface area contributed by atoms with E-state index in [2.05, 4.69) is 25.9 Å². The predicted octanol–water partition coefficient (Wildman–Crippen LogP) is 3.85. The van der Waals surface area contributed by atoms with Crippen LogP contribution >= 0.6 is 15.9 Å². The molecule has 0 unspecified atom stereocenters. The summed E-state index contributed by atoms with van der Waals surface area (Å²) in [6.45, 7) is 0. The van der Waals surface area contributed by atoms with E-state index in [9.17, 15) is 13.2 Å². The molecule has 0 fully saturated rings. The van der Waals surface area contributed by atoms with Crippen molar-refractivity contribution in [3.05, 3.63) is 58.1 Å². The Bertz CT molecular complexity index is 538. The molecule has 2 nitrogen and oxygen atoms in total. The zero-order valence-corrected chi connectivity index (χ0v) is 10.7. The Labute approximate surface area is 110 Å². The van der Waals surface area contributed by atoms with E-state index in [1.807, 2.05) is 0 Å². The van der Waals surface area contributed by atoms with Gasteiger partial charge in [-0.2, -0.15) is 13.2 Å². The molecular weight excluding hydrogens is 309 g/mol. The van der Waals surface area contributed by atoms with E-state index in [4.69, 9.17) is 0 Å². The maximum absolute atomic E-state index is 12.5. The highest BCUT2D eigenvalue weighted by atomic mass is 79.9. The molecule has 0 aliphatic heterocycles. The third kappa shape index (κ3) is 3.29. The second-order valence-corrected chi connectivity index (χ2v) is 4.44. The summed E-state index contributed by atoms with van der Waals surface area (Å²) in [6.07, 6.45) is -0.780. The molecule has 0 saturated carbocycles. The van der Waals surface area contributed by atoms with E-state index >= 15 is 0 Å². The van der Waals surface area contributed by atoms with Crippen LogP contribution in [0, 0.1) is 0 Å². The minimum Gasteiger partial charge on any atom is -0.230 e. The summed E-state index contributed by atoms with van der Waals surface area (Å²) in [5, 5.41) is 0. The van der Waals surface area contributed by atoms with Crippen molar-refractivity contribution in [1.82, 2.24) is 9.97 Å². The first-order chi connectivity index (χ1) is 8.45. The number of rotatable bonds is 2. The number of alkyl halides is 3. The fourth-order valence-electron chi connectivity index (χ4n) is 1.52.